The standard InChI is InChI=1S/C12H13BN2O4S/c1-9-4-2-3-5-12(9)15-20(18,19)11-6-10(13(16)17)7-14-8-11/h2-8,15-17H,1H3. The second-order valence-corrected chi connectivity index (χ2v) is 5.93. The summed E-state index contributed by atoms with van der Waals surface area (Å²) in [6.07, 6.45) is 2.34. The monoisotopic (exact) mass is 292 g/mol. The Labute approximate surface area is 117 Å². The van der Waals surface area contributed by atoms with Gasteiger partial charge in [0.15, 0.2) is 0 Å². The Kier molecular flexibility index (Phi) is 4.08. The molecule has 1 aromatic carbocycles. The second kappa shape index (κ2) is 5.62. The van der Waals surface area contributed by atoms with Gasteiger partial charge in [-0.3, -0.25) is 9.71 Å². The van der Waals surface area contributed by atoms with Gasteiger partial charge in [-0.1, -0.05) is 18.2 Å². The van der Waals surface area contributed by atoms with Crippen LogP contribution in [-0.4, -0.2) is 30.6 Å². The van der Waals surface area contributed by atoms with Gasteiger partial charge in [-0.05, 0) is 24.6 Å². The molecule has 0 aliphatic carbocycles. The van der Waals surface area contributed by atoms with Crippen molar-refractivity contribution in [2.45, 2.75) is 11.8 Å². The van der Waals surface area contributed by atoms with Crippen LogP contribution >= 0.6 is 0 Å². The molecule has 2 rings (SSSR count). The Morgan fingerprint density at radius 3 is 2.55 bits per heavy atom. The fourth-order valence-corrected chi connectivity index (χ4v) is 2.74. The van der Waals surface area contributed by atoms with Crippen molar-refractivity contribution in [3.63, 3.8) is 0 Å². The molecule has 20 heavy (non-hydrogen) atoms. The van der Waals surface area contributed by atoms with Crippen LogP contribution in [0.2, 0.25) is 0 Å². The fourth-order valence-electron chi connectivity index (χ4n) is 1.61. The van der Waals surface area contributed by atoms with Crippen LogP contribution < -0.4 is 10.2 Å². The van der Waals surface area contributed by atoms with E-state index in [4.69, 9.17) is 10.0 Å². The van der Waals surface area contributed by atoms with Gasteiger partial charge >= 0.3 is 7.12 Å². The largest absolute Gasteiger partial charge is 0.490 e. The summed E-state index contributed by atoms with van der Waals surface area (Å²) in [4.78, 5) is 3.56. The molecule has 0 aliphatic heterocycles. The number of hydrogen-bond acceptors (Lipinski definition) is 5. The number of aromatic nitrogens is 1. The minimum absolute atomic E-state index is 0.0117. The van der Waals surface area contributed by atoms with Gasteiger partial charge in [0.1, 0.15) is 4.90 Å². The molecule has 8 heteroatoms. The van der Waals surface area contributed by atoms with Gasteiger partial charge in [-0.25, -0.2) is 8.42 Å². The third-order valence-electron chi connectivity index (χ3n) is 2.73. The molecule has 0 aliphatic rings. The van der Waals surface area contributed by atoms with Crippen molar-refractivity contribution in [1.82, 2.24) is 4.98 Å². The van der Waals surface area contributed by atoms with Crippen molar-refractivity contribution in [3.05, 3.63) is 48.3 Å². The predicted octanol–water partition coefficient (Wildman–Crippen LogP) is -0.129. The average molecular weight is 292 g/mol. The van der Waals surface area contributed by atoms with E-state index in [0.717, 1.165) is 17.8 Å². The first-order valence-electron chi connectivity index (χ1n) is 5.80. The fraction of sp³-hybridized carbons (Fsp3) is 0.0833. The molecule has 104 valence electrons. The quantitative estimate of drug-likeness (QED) is 0.682. The van der Waals surface area contributed by atoms with Crippen LogP contribution in [0, 0.1) is 6.92 Å². The highest BCUT2D eigenvalue weighted by molar-refractivity contribution is 7.92. The van der Waals surface area contributed by atoms with E-state index >= 15 is 0 Å². The number of nitrogens with one attached hydrogen (secondary N) is 1. The van der Waals surface area contributed by atoms with Gasteiger partial charge in [0, 0.05) is 17.9 Å². The highest BCUT2D eigenvalue weighted by Gasteiger charge is 2.19. The molecule has 3 N–H and O–H groups in total. The molecule has 0 unspecified atom stereocenters. The van der Waals surface area contributed by atoms with E-state index in [0.29, 0.717) is 5.69 Å². The summed E-state index contributed by atoms with van der Waals surface area (Å²) in [5.74, 6) is 0. The minimum atomic E-state index is -3.83. The number of pyridine rings is 1. The molecule has 1 heterocycles. The summed E-state index contributed by atoms with van der Waals surface area (Å²) < 4.78 is 26.9. The lowest BCUT2D eigenvalue weighted by molar-refractivity contribution is 0.425. The summed E-state index contributed by atoms with van der Waals surface area (Å²) >= 11 is 0. The maximum absolute atomic E-state index is 12.2. The summed E-state index contributed by atoms with van der Waals surface area (Å²) in [7, 11) is -5.59. The first-order chi connectivity index (χ1) is 9.40. The number of hydrogen-bond donors (Lipinski definition) is 3. The number of benzene rings is 1. The van der Waals surface area contributed by atoms with E-state index in [1.54, 1.807) is 31.2 Å². The molecule has 6 nitrogen and oxygen atoms in total. The molecule has 0 fully saturated rings. The van der Waals surface area contributed by atoms with Crippen LogP contribution in [0.4, 0.5) is 5.69 Å². The summed E-state index contributed by atoms with van der Waals surface area (Å²) in [6.45, 7) is 1.78. The predicted molar refractivity (Wildman–Crippen MR) is 76.1 cm³/mol. The highest BCUT2D eigenvalue weighted by Crippen LogP contribution is 2.18. The minimum Gasteiger partial charge on any atom is -0.423 e. The summed E-state index contributed by atoms with van der Waals surface area (Å²) in [6, 6.07) is 8.11. The van der Waals surface area contributed by atoms with E-state index in [9.17, 15) is 8.42 Å². The van der Waals surface area contributed by atoms with Crippen molar-refractivity contribution in [2.24, 2.45) is 0 Å². The van der Waals surface area contributed by atoms with Crippen molar-refractivity contribution in [2.75, 3.05) is 4.72 Å². The SMILES string of the molecule is Cc1ccccc1NS(=O)(=O)c1cncc(B(O)O)c1. The van der Waals surface area contributed by atoms with Crippen LogP contribution in [0.1, 0.15) is 5.56 Å². The van der Waals surface area contributed by atoms with E-state index in [-0.39, 0.29) is 10.4 Å². The summed E-state index contributed by atoms with van der Waals surface area (Å²) in [5.41, 5.74) is 1.25. The zero-order valence-corrected chi connectivity index (χ0v) is 11.5. The van der Waals surface area contributed by atoms with Gasteiger partial charge in [0.2, 0.25) is 0 Å². The molecule has 0 atom stereocenters. The Balaban J connectivity index is 2.36. The molecule has 0 amide bonds. The second-order valence-electron chi connectivity index (χ2n) is 4.25. The zero-order valence-electron chi connectivity index (χ0n) is 10.7. The number of aryl methyl sites for hydroxylation is 1. The molecule has 0 saturated heterocycles. The number of rotatable bonds is 4. The number of para-hydroxylation sites is 1. The smallest absolute Gasteiger partial charge is 0.423 e. The Morgan fingerprint density at radius 2 is 1.90 bits per heavy atom. The van der Waals surface area contributed by atoms with Crippen molar-refractivity contribution >= 4 is 28.3 Å². The van der Waals surface area contributed by atoms with Crippen molar-refractivity contribution < 1.29 is 18.5 Å². The van der Waals surface area contributed by atoms with Gasteiger partial charge in [-0.15, -0.1) is 0 Å². The van der Waals surface area contributed by atoms with Crippen LogP contribution in [0.25, 0.3) is 0 Å². The van der Waals surface area contributed by atoms with Crippen molar-refractivity contribution in [3.8, 4) is 0 Å². The summed E-state index contributed by atoms with van der Waals surface area (Å²) in [5, 5.41) is 18.1. The lowest BCUT2D eigenvalue weighted by atomic mass is 9.82. The first kappa shape index (κ1) is 14.5. The van der Waals surface area contributed by atoms with Gasteiger partial charge in [0.25, 0.3) is 10.0 Å². The molecule has 1 aromatic heterocycles. The lowest BCUT2D eigenvalue weighted by Crippen LogP contribution is -2.31. The van der Waals surface area contributed by atoms with E-state index < -0.39 is 17.1 Å². The molecule has 0 radical (unpaired) electrons. The van der Waals surface area contributed by atoms with Crippen LogP contribution in [0.5, 0.6) is 0 Å². The Morgan fingerprint density at radius 1 is 1.20 bits per heavy atom. The number of nitrogens with zero attached hydrogens (tertiary/aromatic N) is 1. The van der Waals surface area contributed by atoms with Crippen LogP contribution in [-0.2, 0) is 10.0 Å². The Hall–Kier alpha value is -1.90. The average Bonchev–Trinajstić information content (AvgIpc) is 2.41. The van der Waals surface area contributed by atoms with Crippen LogP contribution in [0.3, 0.4) is 0 Å². The molecule has 0 spiro atoms. The van der Waals surface area contributed by atoms with Gasteiger partial charge < -0.3 is 10.0 Å². The normalized spacial score (nSPS) is 11.2. The van der Waals surface area contributed by atoms with Gasteiger partial charge in [0.05, 0.1) is 5.69 Å². The molecule has 0 bridgehead atoms. The first-order valence-corrected chi connectivity index (χ1v) is 7.28. The van der Waals surface area contributed by atoms with E-state index in [1.165, 1.54) is 6.20 Å². The molecular weight excluding hydrogens is 279 g/mol. The van der Waals surface area contributed by atoms with E-state index in [2.05, 4.69) is 9.71 Å². The van der Waals surface area contributed by atoms with E-state index in [1.807, 2.05) is 0 Å². The topological polar surface area (TPSA) is 99.5 Å². The van der Waals surface area contributed by atoms with Gasteiger partial charge in [-0.2, -0.15) is 0 Å². The highest BCUT2D eigenvalue weighted by atomic mass is 32.2. The van der Waals surface area contributed by atoms with Crippen LogP contribution in [0.15, 0.2) is 47.6 Å². The Bertz CT molecular complexity index is 719. The maximum atomic E-state index is 12.2. The number of anilines is 1. The third-order valence-corrected chi connectivity index (χ3v) is 4.06. The lowest BCUT2D eigenvalue weighted by Gasteiger charge is -2.10. The molecular formula is C12H13BN2O4S. The third kappa shape index (κ3) is 3.16. The number of sulfonamides is 1. The van der Waals surface area contributed by atoms with Crippen molar-refractivity contribution in [1.29, 1.82) is 0 Å². The molecule has 2 aromatic rings. The maximum Gasteiger partial charge on any atom is 0.490 e. The molecule has 0 saturated carbocycles. The zero-order chi connectivity index (χ0) is 14.8.